The first-order chi connectivity index (χ1) is 20.8. The fraction of sp³-hybridized carbons (Fsp3) is 0.567. The second kappa shape index (κ2) is 14.0. The van der Waals surface area contributed by atoms with Crippen LogP contribution in [0, 0.1) is 5.92 Å². The normalized spacial score (nSPS) is 26.7. The Kier molecular flexibility index (Phi) is 10.3. The lowest BCUT2D eigenvalue weighted by atomic mass is 9.89. The van der Waals surface area contributed by atoms with Crippen LogP contribution in [0.15, 0.2) is 27.4 Å². The number of rotatable bonds is 9. The highest BCUT2D eigenvalue weighted by atomic mass is 16.7. The van der Waals surface area contributed by atoms with E-state index in [0.717, 1.165) is 53.4 Å². The molecule has 0 bridgehead atoms. The molecule has 2 heterocycles. The average Bonchev–Trinajstić information content (AvgIpc) is 2.93. The van der Waals surface area contributed by atoms with E-state index in [9.17, 15) is 29.1 Å². The maximum atomic E-state index is 12.8. The Morgan fingerprint density at radius 2 is 1.45 bits per heavy atom. The van der Waals surface area contributed by atoms with Crippen molar-refractivity contribution < 1.29 is 61.9 Å². The quantitative estimate of drug-likeness (QED) is 0.245. The zero-order chi connectivity index (χ0) is 32.1. The number of hydrogen-bond donors (Lipinski definition) is 1. The van der Waals surface area contributed by atoms with Gasteiger partial charge in [-0.3, -0.25) is 19.2 Å². The van der Waals surface area contributed by atoms with Crippen LogP contribution in [0.25, 0.3) is 11.0 Å². The van der Waals surface area contributed by atoms with Gasteiger partial charge in [-0.1, -0.05) is 6.92 Å². The van der Waals surface area contributed by atoms with Gasteiger partial charge in [0.1, 0.15) is 24.0 Å². The largest absolute Gasteiger partial charge is 0.504 e. The minimum absolute atomic E-state index is 0.0379. The number of aromatic hydroxyl groups is 1. The van der Waals surface area contributed by atoms with Crippen molar-refractivity contribution in [1.29, 1.82) is 0 Å². The lowest BCUT2D eigenvalue weighted by Crippen LogP contribution is -2.63. The Morgan fingerprint density at radius 3 is 2.07 bits per heavy atom. The molecule has 0 amide bonds. The van der Waals surface area contributed by atoms with Crippen molar-refractivity contribution in [2.45, 2.75) is 97.1 Å². The molecule has 4 rings (SSSR count). The smallest absolute Gasteiger partial charge is 0.383 e. The summed E-state index contributed by atoms with van der Waals surface area (Å²) in [6.45, 7) is 6.20. The molecular weight excluding hydrogens is 584 g/mol. The fourth-order valence-corrected chi connectivity index (χ4v) is 5.26. The molecule has 44 heavy (non-hydrogen) atoms. The lowest BCUT2D eigenvalue weighted by Gasteiger charge is -2.43. The summed E-state index contributed by atoms with van der Waals surface area (Å²) in [6.07, 6.45) is -3.77. The summed E-state index contributed by atoms with van der Waals surface area (Å²) in [5.41, 5.74) is -0.918. The molecule has 240 valence electrons. The van der Waals surface area contributed by atoms with Gasteiger partial charge in [-0.15, -0.1) is 0 Å². The van der Waals surface area contributed by atoms with Crippen LogP contribution in [0.1, 0.15) is 60.3 Å². The van der Waals surface area contributed by atoms with Crippen molar-refractivity contribution in [3.63, 3.8) is 0 Å². The van der Waals surface area contributed by atoms with Gasteiger partial charge in [-0.25, -0.2) is 4.79 Å². The van der Waals surface area contributed by atoms with E-state index in [1.54, 1.807) is 0 Å². The molecule has 1 saturated carbocycles. The Morgan fingerprint density at radius 1 is 0.841 bits per heavy atom. The average molecular weight is 621 g/mol. The number of hydrogen-bond acceptors (Lipinski definition) is 14. The number of esters is 4. The Bertz CT molecular complexity index is 1440. The van der Waals surface area contributed by atoms with Gasteiger partial charge < -0.3 is 42.7 Å². The van der Waals surface area contributed by atoms with E-state index < -0.39 is 66.8 Å². The number of ether oxygens (including phenoxy) is 7. The summed E-state index contributed by atoms with van der Waals surface area (Å²) < 4.78 is 44.4. The van der Waals surface area contributed by atoms with E-state index in [2.05, 4.69) is 6.92 Å². The summed E-state index contributed by atoms with van der Waals surface area (Å²) in [4.78, 5) is 60.4. The van der Waals surface area contributed by atoms with Crippen molar-refractivity contribution in [2.75, 3.05) is 6.61 Å². The van der Waals surface area contributed by atoms with Crippen molar-refractivity contribution in [1.82, 2.24) is 0 Å². The summed E-state index contributed by atoms with van der Waals surface area (Å²) in [7, 11) is 0. The highest BCUT2D eigenvalue weighted by molar-refractivity contribution is 5.86. The topological polar surface area (TPSA) is 183 Å². The first-order valence-electron chi connectivity index (χ1n) is 14.3. The molecule has 14 heteroatoms. The monoisotopic (exact) mass is 620 g/mol. The maximum absolute atomic E-state index is 12.8. The van der Waals surface area contributed by atoms with Crippen LogP contribution < -0.4 is 15.1 Å². The van der Waals surface area contributed by atoms with E-state index in [1.807, 2.05) is 0 Å². The van der Waals surface area contributed by atoms with E-state index in [-0.39, 0.29) is 34.3 Å². The zero-order valence-corrected chi connectivity index (χ0v) is 25.1. The molecular formula is C30H36O14. The van der Waals surface area contributed by atoms with Gasteiger partial charge in [0.15, 0.2) is 18.0 Å². The predicted octanol–water partition coefficient (Wildman–Crippen LogP) is 2.92. The minimum Gasteiger partial charge on any atom is -0.504 e. The second-order valence-electron chi connectivity index (χ2n) is 10.9. The molecule has 2 aliphatic rings. The Balaban J connectivity index is 1.66. The van der Waals surface area contributed by atoms with E-state index in [1.165, 1.54) is 18.2 Å². The van der Waals surface area contributed by atoms with Crippen LogP contribution in [0.4, 0.5) is 0 Å². The molecule has 1 aromatic heterocycles. The third kappa shape index (κ3) is 7.98. The second-order valence-corrected chi connectivity index (χ2v) is 10.9. The van der Waals surface area contributed by atoms with Crippen molar-refractivity contribution >= 4 is 34.8 Å². The predicted molar refractivity (Wildman–Crippen MR) is 149 cm³/mol. The molecule has 0 radical (unpaired) electrons. The molecule has 1 aliphatic carbocycles. The molecule has 0 spiro atoms. The molecule has 2 fully saturated rings. The highest BCUT2D eigenvalue weighted by Gasteiger charge is 2.53. The zero-order valence-electron chi connectivity index (χ0n) is 25.1. The molecule has 1 saturated heterocycles. The molecule has 14 nitrogen and oxygen atoms in total. The van der Waals surface area contributed by atoms with Gasteiger partial charge in [0.25, 0.3) is 0 Å². The number of benzene rings is 1. The molecule has 5 atom stereocenters. The van der Waals surface area contributed by atoms with Crippen molar-refractivity contribution in [2.24, 2.45) is 5.92 Å². The fourth-order valence-electron chi connectivity index (χ4n) is 5.26. The standard InChI is InChI=1S/C30H36O14/c1-14-6-8-19(9-7-14)41-26-24(35)21-11-10-20(12-22(21)43-29(26)36)42-30-28(40-18(5)34)27(39-17(4)33)25(38-16(3)32)23(44-30)13-37-15(2)31/h10-12,14,19,23,25,27-28,30,35H,6-9,13H2,1-5H3/t14?,19?,23-,25-,27+,28-,30-/m1/s1. The first-order valence-corrected chi connectivity index (χ1v) is 14.3. The van der Waals surface area contributed by atoms with Crippen molar-refractivity contribution in [3.05, 3.63) is 28.6 Å². The lowest BCUT2D eigenvalue weighted by molar-refractivity contribution is -0.288. The number of carbonyl (C=O) groups is 4. The van der Waals surface area contributed by atoms with Gasteiger partial charge in [0.05, 0.1) is 11.5 Å². The van der Waals surface area contributed by atoms with Gasteiger partial charge in [-0.2, -0.15) is 0 Å². The molecule has 1 N–H and O–H groups in total. The summed E-state index contributed by atoms with van der Waals surface area (Å²) in [6, 6.07) is 4.17. The van der Waals surface area contributed by atoms with Gasteiger partial charge in [0, 0.05) is 33.8 Å². The molecule has 2 aromatic rings. The van der Waals surface area contributed by atoms with Crippen LogP contribution >= 0.6 is 0 Å². The third-order valence-electron chi connectivity index (χ3n) is 7.26. The number of fused-ring (bicyclic) bond motifs is 1. The van der Waals surface area contributed by atoms with E-state index in [4.69, 9.17) is 37.6 Å². The van der Waals surface area contributed by atoms with E-state index >= 15 is 0 Å². The molecule has 0 unspecified atom stereocenters. The van der Waals surface area contributed by atoms with Gasteiger partial charge in [-0.05, 0) is 43.7 Å². The van der Waals surface area contributed by atoms with E-state index in [0.29, 0.717) is 5.92 Å². The molecule has 1 aromatic carbocycles. The number of carbonyl (C=O) groups excluding carboxylic acids is 4. The first kappa shape index (κ1) is 32.6. The summed E-state index contributed by atoms with van der Waals surface area (Å²) in [5.74, 6) is -3.06. The summed E-state index contributed by atoms with van der Waals surface area (Å²) >= 11 is 0. The van der Waals surface area contributed by atoms with Crippen LogP contribution in [0.5, 0.6) is 17.2 Å². The van der Waals surface area contributed by atoms with Crippen LogP contribution in [0.3, 0.4) is 0 Å². The van der Waals surface area contributed by atoms with Crippen LogP contribution in [-0.2, 0) is 42.9 Å². The van der Waals surface area contributed by atoms with Gasteiger partial charge >= 0.3 is 29.5 Å². The molecule has 1 aliphatic heterocycles. The summed E-state index contributed by atoms with van der Waals surface area (Å²) in [5, 5.41) is 11.1. The Labute approximate surface area is 252 Å². The minimum atomic E-state index is -1.50. The third-order valence-corrected chi connectivity index (χ3v) is 7.26. The van der Waals surface area contributed by atoms with Gasteiger partial charge in [0.2, 0.25) is 18.1 Å². The maximum Gasteiger partial charge on any atom is 0.383 e. The highest BCUT2D eigenvalue weighted by Crippen LogP contribution is 2.37. The van der Waals surface area contributed by atoms with Crippen LogP contribution in [-0.4, -0.2) is 72.4 Å². The Hall–Kier alpha value is -4.33. The van der Waals surface area contributed by atoms with Crippen LogP contribution in [0.2, 0.25) is 0 Å². The SMILES string of the molecule is CC(=O)OC[C@H]1O[C@@H](Oc2ccc3c(O)c(OC4CCC(C)CC4)c(=O)oc3c2)[C@H](OC(C)=O)[C@@H](OC(C)=O)[C@@H]1OC(C)=O. The van der Waals surface area contributed by atoms with Crippen molar-refractivity contribution in [3.8, 4) is 17.2 Å².